The van der Waals surface area contributed by atoms with Crippen LogP contribution in [0.1, 0.15) is 6.42 Å². The van der Waals surface area contributed by atoms with Crippen LogP contribution in [0, 0.1) is 0 Å². The molecule has 9 heteroatoms. The predicted molar refractivity (Wildman–Crippen MR) is 89.9 cm³/mol. The first-order valence-corrected chi connectivity index (χ1v) is 9.80. The molecular weight excluding hydrogens is 320 g/mol. The Labute approximate surface area is 139 Å². The molecule has 0 aliphatic carbocycles. The molecule has 1 aliphatic heterocycles. The number of carbonyl (C=O) groups is 1. The van der Waals surface area contributed by atoms with E-state index in [2.05, 4.69) is 10.2 Å². The maximum atomic E-state index is 11.9. The first kappa shape index (κ1) is 20.3. The first-order valence-electron chi connectivity index (χ1n) is 7.95. The third-order valence-corrected chi connectivity index (χ3v) is 5.01. The molecule has 1 aliphatic rings. The lowest BCUT2D eigenvalue weighted by Gasteiger charge is -2.26. The fraction of sp³-hybridized carbons (Fsp3) is 0.929. The van der Waals surface area contributed by atoms with Crippen LogP contribution in [0.3, 0.4) is 0 Å². The summed E-state index contributed by atoms with van der Waals surface area (Å²) in [5, 5.41) is 2.85. The van der Waals surface area contributed by atoms with Crippen molar-refractivity contribution in [1.82, 2.24) is 19.4 Å². The van der Waals surface area contributed by atoms with Gasteiger partial charge in [0.1, 0.15) is 0 Å². The smallest absolute Gasteiger partial charge is 0.221 e. The number of hydrogen-bond acceptors (Lipinski definition) is 6. The van der Waals surface area contributed by atoms with Crippen LogP contribution < -0.4 is 5.32 Å². The number of ether oxygens (including phenoxy) is 1. The van der Waals surface area contributed by atoms with Crippen LogP contribution in [-0.2, 0) is 19.6 Å². The summed E-state index contributed by atoms with van der Waals surface area (Å²) in [6.07, 6.45) is 1.36. The summed E-state index contributed by atoms with van der Waals surface area (Å²) in [7, 11) is 0.486. The van der Waals surface area contributed by atoms with Gasteiger partial charge in [0.05, 0.1) is 19.5 Å². The van der Waals surface area contributed by atoms with Crippen molar-refractivity contribution in [3.63, 3.8) is 0 Å². The number of sulfonamides is 1. The van der Waals surface area contributed by atoms with Crippen molar-refractivity contribution in [2.24, 2.45) is 0 Å². The topological polar surface area (TPSA) is 82.2 Å². The van der Waals surface area contributed by atoms with E-state index in [1.165, 1.54) is 10.6 Å². The van der Waals surface area contributed by atoms with E-state index in [9.17, 15) is 13.2 Å². The highest BCUT2D eigenvalue weighted by Crippen LogP contribution is 2.00. The highest BCUT2D eigenvalue weighted by Gasteiger charge is 2.18. The molecule has 1 amide bonds. The van der Waals surface area contributed by atoms with Gasteiger partial charge in [-0.2, -0.15) is 0 Å². The van der Waals surface area contributed by atoms with Crippen molar-refractivity contribution in [1.29, 1.82) is 0 Å². The Hall–Kier alpha value is -0.740. The van der Waals surface area contributed by atoms with E-state index in [0.717, 1.165) is 32.8 Å². The van der Waals surface area contributed by atoms with Gasteiger partial charge in [-0.1, -0.05) is 0 Å². The van der Waals surface area contributed by atoms with E-state index in [-0.39, 0.29) is 18.9 Å². The van der Waals surface area contributed by atoms with Gasteiger partial charge in [0.2, 0.25) is 15.9 Å². The molecule has 0 spiro atoms. The van der Waals surface area contributed by atoms with Crippen molar-refractivity contribution >= 4 is 15.9 Å². The van der Waals surface area contributed by atoms with Crippen molar-refractivity contribution < 1.29 is 17.9 Å². The number of nitrogens with zero attached hydrogens (tertiary/aromatic N) is 3. The quantitative estimate of drug-likeness (QED) is 0.525. The second kappa shape index (κ2) is 10.2. The molecule has 1 heterocycles. The van der Waals surface area contributed by atoms with Crippen LogP contribution in [0.25, 0.3) is 0 Å². The molecule has 0 atom stereocenters. The summed E-state index contributed by atoms with van der Waals surface area (Å²) in [5.41, 5.74) is 0. The SMILES string of the molecule is CN(C)CCN(CCC(=O)NCCN1CCOCC1)S(C)(=O)=O. The molecular formula is C14H30N4O4S. The summed E-state index contributed by atoms with van der Waals surface area (Å²) < 4.78 is 30.1. The molecule has 0 aromatic heterocycles. The Kier molecular flexibility index (Phi) is 9.00. The van der Waals surface area contributed by atoms with Gasteiger partial charge in [-0.3, -0.25) is 9.69 Å². The zero-order chi connectivity index (χ0) is 17.3. The Balaban J connectivity index is 2.25. The monoisotopic (exact) mass is 350 g/mol. The summed E-state index contributed by atoms with van der Waals surface area (Å²) in [5.74, 6) is -0.114. The zero-order valence-electron chi connectivity index (χ0n) is 14.5. The number of likely N-dealkylation sites (N-methyl/N-ethyl adjacent to an activating group) is 1. The van der Waals surface area contributed by atoms with Gasteiger partial charge in [0, 0.05) is 52.2 Å². The maximum Gasteiger partial charge on any atom is 0.221 e. The van der Waals surface area contributed by atoms with E-state index < -0.39 is 10.0 Å². The third-order valence-electron chi connectivity index (χ3n) is 3.71. The number of rotatable bonds is 10. The largest absolute Gasteiger partial charge is 0.379 e. The molecule has 0 aromatic carbocycles. The fourth-order valence-electron chi connectivity index (χ4n) is 2.25. The zero-order valence-corrected chi connectivity index (χ0v) is 15.3. The van der Waals surface area contributed by atoms with Crippen LogP contribution in [0.5, 0.6) is 0 Å². The van der Waals surface area contributed by atoms with Gasteiger partial charge in [-0.15, -0.1) is 0 Å². The van der Waals surface area contributed by atoms with Crippen LogP contribution in [-0.4, -0.2) is 108 Å². The van der Waals surface area contributed by atoms with Gasteiger partial charge in [-0.25, -0.2) is 12.7 Å². The lowest BCUT2D eigenvalue weighted by Crippen LogP contribution is -2.42. The molecule has 136 valence electrons. The van der Waals surface area contributed by atoms with E-state index >= 15 is 0 Å². The fourth-order valence-corrected chi connectivity index (χ4v) is 3.08. The van der Waals surface area contributed by atoms with Crippen LogP contribution in [0.2, 0.25) is 0 Å². The third kappa shape index (κ3) is 9.21. The average Bonchev–Trinajstić information content (AvgIpc) is 2.46. The molecule has 1 saturated heterocycles. The van der Waals surface area contributed by atoms with Crippen molar-refractivity contribution in [2.45, 2.75) is 6.42 Å². The molecule has 0 radical (unpaired) electrons. The highest BCUT2D eigenvalue weighted by molar-refractivity contribution is 7.88. The van der Waals surface area contributed by atoms with Crippen LogP contribution in [0.15, 0.2) is 0 Å². The van der Waals surface area contributed by atoms with Gasteiger partial charge < -0.3 is 15.0 Å². The second-order valence-corrected chi connectivity index (χ2v) is 8.00. The normalized spacial score (nSPS) is 16.9. The van der Waals surface area contributed by atoms with Crippen LogP contribution >= 0.6 is 0 Å². The van der Waals surface area contributed by atoms with Crippen molar-refractivity contribution in [3.05, 3.63) is 0 Å². The minimum atomic E-state index is -3.29. The van der Waals surface area contributed by atoms with E-state index in [1.54, 1.807) is 0 Å². The predicted octanol–water partition coefficient (Wildman–Crippen LogP) is -1.35. The number of amides is 1. The van der Waals surface area contributed by atoms with Gasteiger partial charge in [-0.05, 0) is 14.1 Å². The number of hydrogen-bond donors (Lipinski definition) is 1. The first-order chi connectivity index (χ1) is 10.8. The Morgan fingerprint density at radius 1 is 1.17 bits per heavy atom. The molecule has 0 unspecified atom stereocenters. The lowest BCUT2D eigenvalue weighted by molar-refractivity contribution is -0.121. The standard InChI is InChI=1S/C14H30N4O4S/c1-16(2)8-9-18(23(3,20)21)6-4-14(19)15-5-7-17-10-12-22-13-11-17/h4-13H2,1-3H3,(H,15,19). The molecule has 23 heavy (non-hydrogen) atoms. The number of nitrogens with one attached hydrogen (secondary N) is 1. The summed E-state index contributed by atoms with van der Waals surface area (Å²) in [6, 6.07) is 0. The summed E-state index contributed by atoms with van der Waals surface area (Å²) in [4.78, 5) is 16.0. The van der Waals surface area contributed by atoms with E-state index in [4.69, 9.17) is 4.74 Å². The second-order valence-electron chi connectivity index (χ2n) is 6.02. The summed E-state index contributed by atoms with van der Waals surface area (Å²) >= 11 is 0. The van der Waals surface area contributed by atoms with E-state index in [0.29, 0.717) is 19.6 Å². The molecule has 0 bridgehead atoms. The van der Waals surface area contributed by atoms with Gasteiger partial charge in [0.15, 0.2) is 0 Å². The summed E-state index contributed by atoms with van der Waals surface area (Å²) in [6.45, 7) is 5.88. The van der Waals surface area contributed by atoms with Crippen molar-refractivity contribution in [3.8, 4) is 0 Å². The molecule has 0 aromatic rings. The molecule has 8 nitrogen and oxygen atoms in total. The maximum absolute atomic E-state index is 11.9. The Morgan fingerprint density at radius 3 is 2.39 bits per heavy atom. The number of morpholine rings is 1. The van der Waals surface area contributed by atoms with Crippen LogP contribution in [0.4, 0.5) is 0 Å². The van der Waals surface area contributed by atoms with Gasteiger partial charge in [0.25, 0.3) is 0 Å². The highest BCUT2D eigenvalue weighted by atomic mass is 32.2. The molecule has 1 fully saturated rings. The molecule has 1 rings (SSSR count). The minimum absolute atomic E-state index is 0.114. The molecule has 1 N–H and O–H groups in total. The minimum Gasteiger partial charge on any atom is -0.379 e. The number of carbonyl (C=O) groups excluding carboxylic acids is 1. The lowest BCUT2D eigenvalue weighted by atomic mass is 10.3. The van der Waals surface area contributed by atoms with E-state index in [1.807, 2.05) is 19.0 Å². The Morgan fingerprint density at radius 2 is 1.83 bits per heavy atom. The van der Waals surface area contributed by atoms with Crippen molar-refractivity contribution in [2.75, 3.05) is 79.4 Å². The van der Waals surface area contributed by atoms with Gasteiger partial charge >= 0.3 is 0 Å². The Bertz CT molecular complexity index is 450. The molecule has 0 saturated carbocycles. The average molecular weight is 350 g/mol.